The predicted molar refractivity (Wildman–Crippen MR) is 184 cm³/mol. The van der Waals surface area contributed by atoms with E-state index in [4.69, 9.17) is 0 Å². The van der Waals surface area contributed by atoms with Crippen LogP contribution in [0.4, 0.5) is 0 Å². The summed E-state index contributed by atoms with van der Waals surface area (Å²) in [5.41, 5.74) is 4.56. The first-order valence-electron chi connectivity index (χ1n) is 14.5. The van der Waals surface area contributed by atoms with E-state index >= 15 is 0 Å². The van der Waals surface area contributed by atoms with Crippen molar-refractivity contribution in [2.75, 3.05) is 14.1 Å². The van der Waals surface area contributed by atoms with E-state index in [0.717, 1.165) is 11.0 Å². The van der Waals surface area contributed by atoms with Crippen molar-refractivity contribution in [3.05, 3.63) is 130 Å². The molecule has 0 unspecified atom stereocenters. The molecule has 2 N–H and O–H groups in total. The van der Waals surface area contributed by atoms with Crippen LogP contribution in [0.25, 0.3) is 21.8 Å². The molecule has 2 aromatic heterocycles. The van der Waals surface area contributed by atoms with Crippen LogP contribution in [0.3, 0.4) is 0 Å². The Morgan fingerprint density at radius 1 is 0.522 bits per heavy atom. The lowest BCUT2D eigenvalue weighted by Gasteiger charge is -2.09. The number of aryl methyl sites for hydroxylation is 2. The van der Waals surface area contributed by atoms with Crippen molar-refractivity contribution in [1.29, 1.82) is 0 Å². The molecule has 0 atom stereocenters. The van der Waals surface area contributed by atoms with Crippen LogP contribution in [-0.4, -0.2) is 46.6 Å². The molecule has 0 spiro atoms. The molecule has 0 fully saturated rings. The molecular weight excluding hydrogens is 617 g/mol. The molecular formula is C36H30N4O4S2. The van der Waals surface area contributed by atoms with Crippen molar-refractivity contribution in [2.24, 2.45) is 14.1 Å². The van der Waals surface area contributed by atoms with Gasteiger partial charge in [-0.1, -0.05) is 60.7 Å². The van der Waals surface area contributed by atoms with Crippen LogP contribution in [0.1, 0.15) is 52.6 Å². The molecule has 6 rings (SSSR count). The van der Waals surface area contributed by atoms with Gasteiger partial charge in [-0.15, -0.1) is 0 Å². The molecule has 0 aliphatic carbocycles. The number of benzene rings is 4. The predicted octanol–water partition coefficient (Wildman–Crippen LogP) is 6.65. The summed E-state index contributed by atoms with van der Waals surface area (Å²) >= 11 is 0. The highest BCUT2D eigenvalue weighted by Gasteiger charge is 2.27. The van der Waals surface area contributed by atoms with Gasteiger partial charge in [-0.2, -0.15) is 0 Å². The molecule has 0 aliphatic rings. The van der Waals surface area contributed by atoms with E-state index < -0.39 is 0 Å². The third kappa shape index (κ3) is 5.39. The third-order valence-corrected chi connectivity index (χ3v) is 10.5. The number of carbonyl (C=O) groups is 4. The number of rotatable bonds is 9. The third-order valence-electron chi connectivity index (χ3n) is 8.00. The van der Waals surface area contributed by atoms with Crippen molar-refractivity contribution in [2.45, 2.75) is 10.1 Å². The van der Waals surface area contributed by atoms with Crippen LogP contribution in [0.2, 0.25) is 0 Å². The Hall–Kier alpha value is -5.06. The summed E-state index contributed by atoms with van der Waals surface area (Å²) in [7, 11) is 9.60. The minimum Gasteiger partial charge on any atom is -0.355 e. The van der Waals surface area contributed by atoms with Gasteiger partial charge in [0, 0.05) is 72.3 Å². The second-order valence-electron chi connectivity index (χ2n) is 10.7. The van der Waals surface area contributed by atoms with Gasteiger partial charge >= 0.3 is 0 Å². The quantitative estimate of drug-likeness (QED) is 0.135. The number of hydrogen-bond donors (Lipinski definition) is 2. The summed E-state index contributed by atoms with van der Waals surface area (Å²) in [4.78, 5) is 53.2. The number of carbonyl (C=O) groups excluding carboxylic acids is 4. The van der Waals surface area contributed by atoms with Crippen molar-refractivity contribution in [3.8, 4) is 0 Å². The molecule has 0 saturated carbocycles. The summed E-state index contributed by atoms with van der Waals surface area (Å²) in [5, 5.41) is 8.12. The monoisotopic (exact) mass is 646 g/mol. The van der Waals surface area contributed by atoms with E-state index in [1.807, 2.05) is 71.8 Å². The highest BCUT2D eigenvalue weighted by Crippen LogP contribution is 2.46. The van der Waals surface area contributed by atoms with Crippen LogP contribution in [0, 0.1) is 0 Å². The number of hydrogen-bond acceptors (Lipinski definition) is 6. The van der Waals surface area contributed by atoms with Gasteiger partial charge in [0.2, 0.25) is 0 Å². The topological polar surface area (TPSA) is 102 Å². The first kappa shape index (κ1) is 30.9. The second kappa shape index (κ2) is 12.7. The average molecular weight is 647 g/mol. The van der Waals surface area contributed by atoms with Gasteiger partial charge in [0.1, 0.15) is 0 Å². The fraction of sp³-hybridized carbons (Fsp3) is 0.111. The summed E-state index contributed by atoms with van der Waals surface area (Å²) in [6, 6.07) is 28.8. The fourth-order valence-corrected chi connectivity index (χ4v) is 8.39. The Kier molecular flexibility index (Phi) is 8.57. The Morgan fingerprint density at radius 3 is 1.24 bits per heavy atom. The summed E-state index contributed by atoms with van der Waals surface area (Å²) in [6.07, 6.45) is 0. The lowest BCUT2D eigenvalue weighted by atomic mass is 10.0. The molecule has 0 radical (unpaired) electrons. The Morgan fingerprint density at radius 2 is 0.891 bits per heavy atom. The van der Waals surface area contributed by atoms with Crippen molar-refractivity contribution >= 4 is 66.8 Å². The normalized spacial score (nSPS) is 11.1. The van der Waals surface area contributed by atoms with Crippen molar-refractivity contribution < 1.29 is 19.2 Å². The Balaban J connectivity index is 1.43. The lowest BCUT2D eigenvalue weighted by molar-refractivity contribution is 0.0953. The molecule has 46 heavy (non-hydrogen) atoms. The molecule has 6 aromatic rings. The van der Waals surface area contributed by atoms with Gasteiger partial charge in [0.15, 0.2) is 11.6 Å². The van der Waals surface area contributed by atoms with E-state index in [-0.39, 0.29) is 23.4 Å². The molecule has 2 heterocycles. The van der Waals surface area contributed by atoms with Crippen molar-refractivity contribution in [3.63, 3.8) is 0 Å². The molecule has 0 saturated heterocycles. The summed E-state index contributed by atoms with van der Waals surface area (Å²) < 4.78 is 3.85. The number of aromatic nitrogens is 2. The highest BCUT2D eigenvalue weighted by atomic mass is 33.1. The lowest BCUT2D eigenvalue weighted by Crippen LogP contribution is -2.19. The number of nitrogens with zero attached hydrogens (tertiary/aromatic N) is 2. The molecule has 2 amide bonds. The van der Waals surface area contributed by atoms with Gasteiger partial charge < -0.3 is 19.8 Å². The van der Waals surface area contributed by atoms with Gasteiger partial charge in [-0.3, -0.25) is 19.2 Å². The van der Waals surface area contributed by atoms with Crippen molar-refractivity contribution in [1.82, 2.24) is 19.8 Å². The van der Waals surface area contributed by atoms with Crippen LogP contribution in [0.15, 0.2) is 107 Å². The van der Waals surface area contributed by atoms with Gasteiger partial charge in [0.25, 0.3) is 11.8 Å². The highest BCUT2D eigenvalue weighted by molar-refractivity contribution is 8.76. The molecule has 230 valence electrons. The minimum absolute atomic E-state index is 0.131. The standard InChI is InChI=1S/C36H30N4O4S2/c1-37-33(43)29-25-19-23(31(41)21-11-7-5-8-12-21)15-17-27(25)39(3)35(29)45-46-36-30(34(44)38-2)26-20-24(16-18-28(26)40(36)4)32(42)22-13-9-6-10-14-22/h5-20H,1-4H3,(H,37,43)(H,38,44). The van der Waals surface area contributed by atoms with Crippen LogP contribution >= 0.6 is 21.6 Å². The first-order chi connectivity index (χ1) is 22.2. The number of ketones is 2. The molecule has 4 aromatic carbocycles. The zero-order chi connectivity index (χ0) is 32.5. The summed E-state index contributed by atoms with van der Waals surface area (Å²) in [5.74, 6) is -0.835. The van der Waals surface area contributed by atoms with Crippen LogP contribution < -0.4 is 10.6 Å². The fourth-order valence-electron chi connectivity index (χ4n) is 5.60. The maximum absolute atomic E-state index is 13.3. The zero-order valence-corrected chi connectivity index (χ0v) is 27.2. The average Bonchev–Trinajstić information content (AvgIpc) is 3.55. The second-order valence-corrected chi connectivity index (χ2v) is 12.8. The smallest absolute Gasteiger partial charge is 0.254 e. The van der Waals surface area contributed by atoms with E-state index in [0.29, 0.717) is 54.2 Å². The molecule has 8 nitrogen and oxygen atoms in total. The Labute approximate surface area is 273 Å². The van der Waals surface area contributed by atoms with Gasteiger partial charge in [0.05, 0.1) is 21.2 Å². The van der Waals surface area contributed by atoms with Gasteiger partial charge in [-0.25, -0.2) is 0 Å². The zero-order valence-electron chi connectivity index (χ0n) is 25.6. The van der Waals surface area contributed by atoms with E-state index in [1.54, 1.807) is 62.6 Å². The maximum atomic E-state index is 13.3. The van der Waals surface area contributed by atoms with E-state index in [2.05, 4.69) is 10.6 Å². The minimum atomic E-state index is -0.286. The molecule has 0 aliphatic heterocycles. The SMILES string of the molecule is CNC(=O)c1c(SSc2c(C(=O)NC)c3cc(C(=O)c4ccccc4)ccc3n2C)n(C)c2ccc(C(=O)c3ccccc3)cc12. The molecule has 0 bridgehead atoms. The summed E-state index contributed by atoms with van der Waals surface area (Å²) in [6.45, 7) is 0. The maximum Gasteiger partial charge on any atom is 0.254 e. The van der Waals surface area contributed by atoms with E-state index in [9.17, 15) is 19.2 Å². The van der Waals surface area contributed by atoms with Crippen LogP contribution in [-0.2, 0) is 14.1 Å². The van der Waals surface area contributed by atoms with E-state index in [1.165, 1.54) is 21.6 Å². The number of nitrogens with one attached hydrogen (secondary N) is 2. The largest absolute Gasteiger partial charge is 0.355 e. The number of amides is 2. The first-order valence-corrected chi connectivity index (χ1v) is 16.6. The van der Waals surface area contributed by atoms with Crippen LogP contribution in [0.5, 0.6) is 0 Å². The molecule has 10 heteroatoms. The Bertz CT molecular complexity index is 2010. The van der Waals surface area contributed by atoms with Gasteiger partial charge in [-0.05, 0) is 58.0 Å². The number of fused-ring (bicyclic) bond motifs is 2.